The average Bonchev–Trinajstić information content (AvgIpc) is 2.40. The number of hydrogen-bond donors (Lipinski definition) is 3. The first-order valence-electron chi connectivity index (χ1n) is 6.85. The summed E-state index contributed by atoms with van der Waals surface area (Å²) in [6.45, 7) is 5.65. The monoisotopic (exact) mass is 274 g/mol. The van der Waals surface area contributed by atoms with E-state index >= 15 is 0 Å². The summed E-state index contributed by atoms with van der Waals surface area (Å²) >= 11 is 0. The molecular formula is C14H26O5. The maximum atomic E-state index is 11.1. The highest BCUT2D eigenvalue weighted by molar-refractivity contribution is 5.88. The van der Waals surface area contributed by atoms with Crippen LogP contribution in [0.3, 0.4) is 0 Å². The molecule has 0 bridgehead atoms. The average molecular weight is 274 g/mol. The van der Waals surface area contributed by atoms with Crippen molar-refractivity contribution in [2.75, 3.05) is 6.61 Å². The number of ether oxygens (including phenoxy) is 1. The molecule has 0 heterocycles. The summed E-state index contributed by atoms with van der Waals surface area (Å²) in [6, 6.07) is 0. The Bertz CT molecular complexity index is 290. The highest BCUT2D eigenvalue weighted by Gasteiger charge is 2.18. The summed E-state index contributed by atoms with van der Waals surface area (Å²) in [5.74, 6) is -1.70. The Labute approximate surface area is 114 Å². The van der Waals surface area contributed by atoms with Crippen molar-refractivity contribution in [3.8, 4) is 0 Å². The fourth-order valence-corrected chi connectivity index (χ4v) is 1.53. The van der Waals surface area contributed by atoms with Crippen LogP contribution >= 0.6 is 0 Å². The molecule has 0 amide bonds. The molecule has 0 radical (unpaired) electrons. The van der Waals surface area contributed by atoms with Crippen LogP contribution in [0.25, 0.3) is 0 Å². The van der Waals surface area contributed by atoms with Gasteiger partial charge in [-0.25, -0.2) is 4.79 Å². The van der Waals surface area contributed by atoms with Crippen molar-refractivity contribution in [3.05, 3.63) is 11.6 Å². The first-order valence-corrected chi connectivity index (χ1v) is 6.85. The van der Waals surface area contributed by atoms with E-state index < -0.39 is 5.79 Å². The Kier molecular flexibility index (Phi) is 8.63. The zero-order chi connectivity index (χ0) is 14.9. The van der Waals surface area contributed by atoms with Gasteiger partial charge in [0.15, 0.2) is 5.79 Å². The second-order valence-electron chi connectivity index (χ2n) is 4.57. The van der Waals surface area contributed by atoms with Crippen LogP contribution in [0.15, 0.2) is 11.6 Å². The number of hydrogen-bond acceptors (Lipinski definition) is 5. The van der Waals surface area contributed by atoms with Crippen LogP contribution in [0.4, 0.5) is 0 Å². The number of rotatable bonds is 4. The third-order valence-electron chi connectivity index (χ3n) is 3.02. The molecule has 0 fully saturated rings. The van der Waals surface area contributed by atoms with E-state index in [4.69, 9.17) is 14.9 Å². The van der Waals surface area contributed by atoms with Gasteiger partial charge in [0.25, 0.3) is 0 Å². The first kappa shape index (κ1) is 18.1. The standard InChI is InChI=1S/C9H14O3.C5H12O2/c1-2-12-9(11)7-4-3-5-8(10)6-7;1-3-5(6,7)4-2/h4,8,10H,2-3,5-6H2,1H3;6-7H,3-4H2,1-2H3. The molecule has 0 spiro atoms. The van der Waals surface area contributed by atoms with Gasteiger partial charge in [-0.05, 0) is 32.6 Å². The SMILES string of the molecule is CCC(O)(O)CC.CCOC(=O)C1=CCCC(O)C1. The first-order chi connectivity index (χ1) is 8.86. The van der Waals surface area contributed by atoms with Gasteiger partial charge in [0.05, 0.1) is 12.7 Å². The molecule has 1 aliphatic rings. The van der Waals surface area contributed by atoms with Crippen molar-refractivity contribution < 1.29 is 24.9 Å². The molecule has 0 aromatic heterocycles. The van der Waals surface area contributed by atoms with Gasteiger partial charge >= 0.3 is 5.97 Å². The molecule has 0 saturated heterocycles. The fourth-order valence-electron chi connectivity index (χ4n) is 1.53. The lowest BCUT2D eigenvalue weighted by Gasteiger charge is -2.16. The lowest BCUT2D eigenvalue weighted by molar-refractivity contribution is -0.163. The molecule has 1 unspecified atom stereocenters. The second-order valence-corrected chi connectivity index (χ2v) is 4.57. The summed E-state index contributed by atoms with van der Waals surface area (Å²) < 4.78 is 4.81. The third-order valence-corrected chi connectivity index (χ3v) is 3.02. The van der Waals surface area contributed by atoms with Crippen LogP contribution in [0.2, 0.25) is 0 Å². The summed E-state index contributed by atoms with van der Waals surface area (Å²) in [5.41, 5.74) is 0.621. The van der Waals surface area contributed by atoms with Crippen LogP contribution in [0.1, 0.15) is 52.9 Å². The van der Waals surface area contributed by atoms with E-state index in [-0.39, 0.29) is 12.1 Å². The number of aliphatic hydroxyl groups excluding tert-OH is 1. The molecule has 1 rings (SSSR count). The zero-order valence-corrected chi connectivity index (χ0v) is 12.1. The van der Waals surface area contributed by atoms with Gasteiger partial charge in [-0.15, -0.1) is 0 Å². The van der Waals surface area contributed by atoms with E-state index in [1.807, 2.05) is 6.08 Å². The molecule has 5 nitrogen and oxygen atoms in total. The molecule has 0 saturated carbocycles. The van der Waals surface area contributed by atoms with Crippen LogP contribution in [0.5, 0.6) is 0 Å². The Morgan fingerprint density at radius 1 is 1.37 bits per heavy atom. The van der Waals surface area contributed by atoms with Crippen molar-refractivity contribution in [1.82, 2.24) is 0 Å². The van der Waals surface area contributed by atoms with Gasteiger partial charge in [0, 0.05) is 12.0 Å². The van der Waals surface area contributed by atoms with Gasteiger partial charge in [-0.3, -0.25) is 0 Å². The van der Waals surface area contributed by atoms with Crippen LogP contribution in [-0.4, -0.2) is 39.8 Å². The predicted molar refractivity (Wildman–Crippen MR) is 72.3 cm³/mol. The van der Waals surface area contributed by atoms with Gasteiger partial charge in [0.2, 0.25) is 0 Å². The normalized spacial score (nSPS) is 19.1. The Morgan fingerprint density at radius 3 is 2.32 bits per heavy atom. The van der Waals surface area contributed by atoms with Crippen LogP contribution < -0.4 is 0 Å². The molecular weight excluding hydrogens is 248 g/mol. The quantitative estimate of drug-likeness (QED) is 0.534. The number of esters is 1. The van der Waals surface area contributed by atoms with Crippen LogP contribution in [-0.2, 0) is 9.53 Å². The molecule has 5 heteroatoms. The Morgan fingerprint density at radius 2 is 1.95 bits per heavy atom. The molecule has 1 aliphatic carbocycles. The van der Waals surface area contributed by atoms with E-state index in [1.165, 1.54) is 0 Å². The lowest BCUT2D eigenvalue weighted by atomic mass is 9.97. The minimum absolute atomic E-state index is 0.281. The van der Waals surface area contributed by atoms with E-state index in [1.54, 1.807) is 20.8 Å². The fraction of sp³-hybridized carbons (Fsp3) is 0.786. The summed E-state index contributed by atoms with van der Waals surface area (Å²) in [4.78, 5) is 11.1. The largest absolute Gasteiger partial charge is 0.463 e. The zero-order valence-electron chi connectivity index (χ0n) is 12.1. The highest BCUT2D eigenvalue weighted by atomic mass is 16.5. The smallest absolute Gasteiger partial charge is 0.333 e. The number of carbonyl (C=O) groups is 1. The third kappa shape index (κ3) is 7.97. The molecule has 0 aromatic rings. The van der Waals surface area contributed by atoms with Gasteiger partial charge in [-0.1, -0.05) is 19.9 Å². The maximum Gasteiger partial charge on any atom is 0.333 e. The van der Waals surface area contributed by atoms with Crippen molar-refractivity contribution >= 4 is 5.97 Å². The number of allylic oxidation sites excluding steroid dienone is 1. The van der Waals surface area contributed by atoms with Crippen LogP contribution in [0, 0.1) is 0 Å². The van der Waals surface area contributed by atoms with Crippen molar-refractivity contribution in [1.29, 1.82) is 0 Å². The summed E-state index contributed by atoms with van der Waals surface area (Å²) in [6.07, 6.45) is 4.27. The van der Waals surface area contributed by atoms with Crippen molar-refractivity contribution in [2.45, 2.75) is 64.8 Å². The Balaban J connectivity index is 0.000000399. The second kappa shape index (κ2) is 9.07. The summed E-state index contributed by atoms with van der Waals surface area (Å²) in [5, 5.41) is 26.6. The van der Waals surface area contributed by atoms with E-state index in [9.17, 15) is 9.90 Å². The molecule has 112 valence electrons. The van der Waals surface area contributed by atoms with Crippen molar-refractivity contribution in [3.63, 3.8) is 0 Å². The van der Waals surface area contributed by atoms with E-state index in [2.05, 4.69) is 0 Å². The van der Waals surface area contributed by atoms with Gasteiger partial charge < -0.3 is 20.1 Å². The molecule has 19 heavy (non-hydrogen) atoms. The maximum absolute atomic E-state index is 11.1. The topological polar surface area (TPSA) is 87.0 Å². The van der Waals surface area contributed by atoms with E-state index in [0.717, 1.165) is 12.8 Å². The highest BCUT2D eigenvalue weighted by Crippen LogP contribution is 2.18. The van der Waals surface area contributed by atoms with E-state index in [0.29, 0.717) is 31.4 Å². The molecule has 0 aromatic carbocycles. The van der Waals surface area contributed by atoms with Gasteiger partial charge in [-0.2, -0.15) is 0 Å². The van der Waals surface area contributed by atoms with Crippen molar-refractivity contribution in [2.24, 2.45) is 0 Å². The Hall–Kier alpha value is -0.910. The van der Waals surface area contributed by atoms with Gasteiger partial charge in [0.1, 0.15) is 0 Å². The number of carbonyl (C=O) groups excluding carboxylic acids is 1. The lowest BCUT2D eigenvalue weighted by Crippen LogP contribution is -2.24. The summed E-state index contributed by atoms with van der Waals surface area (Å²) in [7, 11) is 0. The molecule has 0 aliphatic heterocycles. The minimum Gasteiger partial charge on any atom is -0.463 e. The molecule has 3 N–H and O–H groups in total. The molecule has 1 atom stereocenters. The number of aliphatic hydroxyl groups is 3. The minimum atomic E-state index is -1.42. The predicted octanol–water partition coefficient (Wildman–Crippen LogP) is 1.51.